The number of nitro benzene ring substituents is 1. The summed E-state index contributed by atoms with van der Waals surface area (Å²) in [6, 6.07) is 7.41. The number of nitro groups is 1. The van der Waals surface area contributed by atoms with Crippen molar-refractivity contribution in [1.29, 1.82) is 0 Å². The highest BCUT2D eigenvalue weighted by Gasteiger charge is 2.17. The quantitative estimate of drug-likeness (QED) is 0.533. The Kier molecular flexibility index (Phi) is 3.84. The molecule has 0 fully saturated rings. The lowest BCUT2D eigenvalue weighted by atomic mass is 10.0. The van der Waals surface area contributed by atoms with Gasteiger partial charge in [-0.05, 0) is 29.3 Å². The molecule has 0 aliphatic rings. The Morgan fingerprint density at radius 3 is 2.48 bits per heavy atom. The van der Waals surface area contributed by atoms with E-state index in [1.807, 2.05) is 0 Å². The molecule has 6 nitrogen and oxygen atoms in total. The number of carbonyl (C=O) groups is 1. The average molecular weight is 291 g/mol. The monoisotopic (exact) mass is 291 g/mol. The van der Waals surface area contributed by atoms with Crippen LogP contribution in [0.5, 0.6) is 5.75 Å². The number of hydrogen-bond acceptors (Lipinski definition) is 5. The van der Waals surface area contributed by atoms with Gasteiger partial charge in [0.25, 0.3) is 0 Å². The van der Waals surface area contributed by atoms with E-state index in [1.54, 1.807) is 0 Å². The molecule has 7 heteroatoms. The van der Waals surface area contributed by atoms with Crippen LogP contribution in [0.3, 0.4) is 0 Å². The van der Waals surface area contributed by atoms with E-state index < -0.39 is 28.1 Å². The first-order valence-corrected chi connectivity index (χ1v) is 5.79. The Balaban J connectivity index is 2.55. The molecule has 0 aromatic heterocycles. The van der Waals surface area contributed by atoms with Gasteiger partial charge in [0, 0.05) is 6.07 Å². The van der Waals surface area contributed by atoms with E-state index in [4.69, 9.17) is 0 Å². The van der Waals surface area contributed by atoms with Gasteiger partial charge in [-0.15, -0.1) is 0 Å². The van der Waals surface area contributed by atoms with E-state index >= 15 is 0 Å². The van der Waals surface area contributed by atoms with Gasteiger partial charge in [-0.2, -0.15) is 0 Å². The lowest BCUT2D eigenvalue weighted by Crippen LogP contribution is -2.04. The Morgan fingerprint density at radius 1 is 1.24 bits per heavy atom. The fourth-order valence-corrected chi connectivity index (χ4v) is 1.82. The lowest BCUT2D eigenvalue weighted by Gasteiger charge is -2.06. The molecule has 2 rings (SSSR count). The Morgan fingerprint density at radius 2 is 1.86 bits per heavy atom. The van der Waals surface area contributed by atoms with Crippen molar-refractivity contribution < 1.29 is 24.0 Å². The van der Waals surface area contributed by atoms with Crippen molar-refractivity contribution in [3.63, 3.8) is 0 Å². The Bertz CT molecular complexity index is 729. The van der Waals surface area contributed by atoms with E-state index in [9.17, 15) is 24.4 Å². The average Bonchev–Trinajstić information content (AvgIpc) is 2.47. The maximum atomic E-state index is 13.5. The third kappa shape index (κ3) is 2.81. The third-order valence-electron chi connectivity index (χ3n) is 2.88. The molecule has 108 valence electrons. The molecule has 0 unspecified atom stereocenters. The molecule has 2 aromatic carbocycles. The van der Waals surface area contributed by atoms with Gasteiger partial charge in [-0.3, -0.25) is 10.1 Å². The van der Waals surface area contributed by atoms with Gasteiger partial charge in [0.05, 0.1) is 17.6 Å². The van der Waals surface area contributed by atoms with Crippen molar-refractivity contribution in [3.05, 3.63) is 57.9 Å². The predicted molar refractivity (Wildman–Crippen MR) is 71.5 cm³/mol. The first-order valence-electron chi connectivity index (χ1n) is 5.79. The van der Waals surface area contributed by atoms with Crippen LogP contribution in [0.1, 0.15) is 10.4 Å². The summed E-state index contributed by atoms with van der Waals surface area (Å²) >= 11 is 0. The minimum Gasteiger partial charge on any atom is -0.502 e. The highest BCUT2D eigenvalue weighted by atomic mass is 19.1. The topological polar surface area (TPSA) is 89.7 Å². The number of esters is 1. The Labute approximate surface area is 118 Å². The lowest BCUT2D eigenvalue weighted by molar-refractivity contribution is -0.385. The number of carbonyl (C=O) groups excluding carboxylic acids is 1. The molecule has 0 aliphatic heterocycles. The van der Waals surface area contributed by atoms with Crippen molar-refractivity contribution >= 4 is 11.7 Å². The molecular weight excluding hydrogens is 281 g/mol. The van der Waals surface area contributed by atoms with Crippen LogP contribution in [0.4, 0.5) is 10.1 Å². The molecule has 0 spiro atoms. The maximum Gasteiger partial charge on any atom is 0.340 e. The number of rotatable bonds is 3. The summed E-state index contributed by atoms with van der Waals surface area (Å²) in [5.41, 5.74) is 0.00623. The van der Waals surface area contributed by atoms with Crippen molar-refractivity contribution in [2.75, 3.05) is 7.11 Å². The number of hydrogen-bond donors (Lipinski definition) is 1. The number of benzene rings is 2. The minimum atomic E-state index is -0.845. The van der Waals surface area contributed by atoms with Crippen molar-refractivity contribution in [2.24, 2.45) is 0 Å². The second kappa shape index (κ2) is 5.58. The molecule has 2 aromatic rings. The summed E-state index contributed by atoms with van der Waals surface area (Å²) in [6.45, 7) is 0. The maximum absolute atomic E-state index is 13.5. The van der Waals surface area contributed by atoms with Crippen molar-refractivity contribution in [3.8, 4) is 16.9 Å². The van der Waals surface area contributed by atoms with E-state index in [1.165, 1.54) is 18.2 Å². The standard InChI is InChI=1S/C14H10FNO5/c1-21-14(18)10-6-8(2-4-11(10)15)9-3-5-13(17)12(7-9)16(19)20/h2-7,17H,1H3. The molecule has 0 bridgehead atoms. The van der Waals surface area contributed by atoms with Gasteiger partial charge in [-0.1, -0.05) is 12.1 Å². The molecular formula is C14H10FNO5. The van der Waals surface area contributed by atoms with E-state index in [2.05, 4.69) is 4.74 Å². The van der Waals surface area contributed by atoms with Crippen LogP contribution >= 0.6 is 0 Å². The van der Waals surface area contributed by atoms with Crippen LogP contribution in [-0.2, 0) is 4.74 Å². The molecule has 0 saturated heterocycles. The summed E-state index contributed by atoms with van der Waals surface area (Å²) in [4.78, 5) is 21.5. The molecule has 0 aliphatic carbocycles. The zero-order valence-electron chi connectivity index (χ0n) is 10.9. The first kappa shape index (κ1) is 14.4. The zero-order valence-corrected chi connectivity index (χ0v) is 10.9. The summed E-state index contributed by atoms with van der Waals surface area (Å²) in [5.74, 6) is -2.07. The highest BCUT2D eigenvalue weighted by Crippen LogP contribution is 2.32. The summed E-state index contributed by atoms with van der Waals surface area (Å²) in [5, 5.41) is 20.2. The van der Waals surface area contributed by atoms with E-state index in [0.717, 1.165) is 25.3 Å². The van der Waals surface area contributed by atoms with Crippen LogP contribution in [0.15, 0.2) is 36.4 Å². The second-order valence-electron chi connectivity index (χ2n) is 4.15. The van der Waals surface area contributed by atoms with Gasteiger partial charge >= 0.3 is 11.7 Å². The van der Waals surface area contributed by atoms with Gasteiger partial charge < -0.3 is 9.84 Å². The fraction of sp³-hybridized carbons (Fsp3) is 0.0714. The molecule has 1 N–H and O–H groups in total. The zero-order chi connectivity index (χ0) is 15.6. The largest absolute Gasteiger partial charge is 0.502 e. The van der Waals surface area contributed by atoms with Crippen LogP contribution in [-0.4, -0.2) is 23.1 Å². The minimum absolute atomic E-state index is 0.272. The molecule has 0 heterocycles. The van der Waals surface area contributed by atoms with E-state index in [0.29, 0.717) is 11.1 Å². The Hall–Kier alpha value is -2.96. The van der Waals surface area contributed by atoms with Gasteiger partial charge in [0.2, 0.25) is 0 Å². The number of methoxy groups -OCH3 is 1. The fourth-order valence-electron chi connectivity index (χ4n) is 1.82. The smallest absolute Gasteiger partial charge is 0.340 e. The van der Waals surface area contributed by atoms with Crippen LogP contribution < -0.4 is 0 Å². The van der Waals surface area contributed by atoms with Gasteiger partial charge in [0.1, 0.15) is 5.82 Å². The summed E-state index contributed by atoms with van der Waals surface area (Å²) < 4.78 is 18.0. The number of aromatic hydroxyl groups is 1. The van der Waals surface area contributed by atoms with Crippen LogP contribution in [0.25, 0.3) is 11.1 Å². The molecule has 0 radical (unpaired) electrons. The molecule has 21 heavy (non-hydrogen) atoms. The van der Waals surface area contributed by atoms with Crippen molar-refractivity contribution in [1.82, 2.24) is 0 Å². The van der Waals surface area contributed by atoms with E-state index in [-0.39, 0.29) is 5.56 Å². The predicted octanol–water partition coefficient (Wildman–Crippen LogP) is 2.89. The number of nitrogens with zero attached hydrogens (tertiary/aromatic N) is 1. The number of ether oxygens (including phenoxy) is 1. The molecule has 0 saturated carbocycles. The van der Waals surface area contributed by atoms with Crippen LogP contribution in [0, 0.1) is 15.9 Å². The van der Waals surface area contributed by atoms with Gasteiger partial charge in [-0.25, -0.2) is 9.18 Å². The number of phenols is 1. The number of halogens is 1. The summed E-state index contributed by atoms with van der Waals surface area (Å²) in [6.07, 6.45) is 0. The normalized spacial score (nSPS) is 10.2. The highest BCUT2D eigenvalue weighted by molar-refractivity contribution is 5.91. The van der Waals surface area contributed by atoms with Crippen LogP contribution in [0.2, 0.25) is 0 Å². The first-order chi connectivity index (χ1) is 9.93. The summed E-state index contributed by atoms with van der Waals surface area (Å²) in [7, 11) is 1.12. The third-order valence-corrected chi connectivity index (χ3v) is 2.88. The van der Waals surface area contributed by atoms with Crippen molar-refractivity contribution in [2.45, 2.75) is 0 Å². The van der Waals surface area contributed by atoms with Gasteiger partial charge in [0.15, 0.2) is 5.75 Å². The molecule has 0 atom stereocenters. The second-order valence-corrected chi connectivity index (χ2v) is 4.15. The SMILES string of the molecule is COC(=O)c1cc(-c2ccc(O)c([N+](=O)[O-])c2)ccc1F. The molecule has 0 amide bonds. The number of phenolic OH excluding ortho intramolecular Hbond substituents is 1.